The van der Waals surface area contributed by atoms with Crippen molar-refractivity contribution in [3.63, 3.8) is 0 Å². The molecule has 2 nitrogen and oxygen atoms in total. The van der Waals surface area contributed by atoms with Crippen LogP contribution in [0.1, 0.15) is 32.3 Å². The van der Waals surface area contributed by atoms with Crippen LogP contribution in [0.15, 0.2) is 18.2 Å². The first-order valence-electron chi connectivity index (χ1n) is 5.69. The molecule has 17 heavy (non-hydrogen) atoms. The summed E-state index contributed by atoms with van der Waals surface area (Å²) in [5, 5.41) is 0.959. The minimum atomic E-state index is -0.730. The van der Waals surface area contributed by atoms with Crippen molar-refractivity contribution in [2.45, 2.75) is 38.6 Å². The highest BCUT2D eigenvalue weighted by Crippen LogP contribution is 2.24. The van der Waals surface area contributed by atoms with Crippen molar-refractivity contribution in [3.8, 4) is 0 Å². The summed E-state index contributed by atoms with van der Waals surface area (Å²) in [6.07, 6.45) is 1.59. The number of carbonyl (C=O) groups excluding carboxylic acids is 1. The van der Waals surface area contributed by atoms with Crippen LogP contribution in [0.2, 0.25) is 10.0 Å². The van der Waals surface area contributed by atoms with Crippen LogP contribution in [0.3, 0.4) is 0 Å². The number of hydrogen-bond acceptors (Lipinski definition) is 2. The van der Waals surface area contributed by atoms with E-state index in [1.54, 1.807) is 18.2 Å². The van der Waals surface area contributed by atoms with E-state index in [1.165, 1.54) is 0 Å². The molecule has 0 fully saturated rings. The number of hydrogen-bond donors (Lipinski definition) is 1. The van der Waals surface area contributed by atoms with E-state index in [2.05, 4.69) is 0 Å². The van der Waals surface area contributed by atoms with Gasteiger partial charge in [-0.15, -0.1) is 0 Å². The van der Waals surface area contributed by atoms with Crippen LogP contribution < -0.4 is 5.73 Å². The minimum absolute atomic E-state index is 0.0425. The third-order valence-electron chi connectivity index (χ3n) is 3.17. The zero-order valence-electron chi connectivity index (χ0n) is 10.1. The zero-order chi connectivity index (χ0) is 13.1. The van der Waals surface area contributed by atoms with E-state index in [0.717, 1.165) is 5.56 Å². The molecule has 0 heterocycles. The van der Waals surface area contributed by atoms with E-state index in [1.807, 2.05) is 13.8 Å². The van der Waals surface area contributed by atoms with Crippen molar-refractivity contribution in [1.82, 2.24) is 0 Å². The van der Waals surface area contributed by atoms with Gasteiger partial charge in [0.2, 0.25) is 0 Å². The van der Waals surface area contributed by atoms with Crippen LogP contribution in [0.5, 0.6) is 0 Å². The van der Waals surface area contributed by atoms with Crippen molar-refractivity contribution in [2.75, 3.05) is 0 Å². The maximum absolute atomic E-state index is 12.1. The SMILES string of the molecule is CCC(N)(CC)C(=O)Cc1ccc(Cl)c(Cl)c1. The predicted molar refractivity (Wildman–Crippen MR) is 72.7 cm³/mol. The van der Waals surface area contributed by atoms with E-state index in [-0.39, 0.29) is 5.78 Å². The van der Waals surface area contributed by atoms with Gasteiger partial charge in [-0.3, -0.25) is 4.79 Å². The summed E-state index contributed by atoms with van der Waals surface area (Å²) in [6, 6.07) is 5.22. The van der Waals surface area contributed by atoms with Gasteiger partial charge in [-0.25, -0.2) is 0 Å². The second kappa shape index (κ2) is 5.85. The Labute approximate surface area is 112 Å². The first-order chi connectivity index (χ1) is 7.92. The quantitative estimate of drug-likeness (QED) is 0.891. The molecule has 0 spiro atoms. The summed E-state index contributed by atoms with van der Waals surface area (Å²) in [5.41, 5.74) is 6.17. The zero-order valence-corrected chi connectivity index (χ0v) is 11.6. The fourth-order valence-corrected chi connectivity index (χ4v) is 1.98. The van der Waals surface area contributed by atoms with Gasteiger partial charge < -0.3 is 5.73 Å². The van der Waals surface area contributed by atoms with Crippen LogP contribution in [0.4, 0.5) is 0 Å². The molecule has 0 saturated carbocycles. The average molecular weight is 274 g/mol. The van der Waals surface area contributed by atoms with Crippen molar-refractivity contribution in [3.05, 3.63) is 33.8 Å². The summed E-state index contributed by atoms with van der Waals surface area (Å²) >= 11 is 11.7. The molecular formula is C13H17Cl2NO. The lowest BCUT2D eigenvalue weighted by atomic mass is 9.86. The standard InChI is InChI=1S/C13H17Cl2NO/c1-3-13(16,4-2)12(17)8-9-5-6-10(14)11(15)7-9/h5-7H,3-4,8,16H2,1-2H3. The molecular weight excluding hydrogens is 257 g/mol. The maximum Gasteiger partial charge on any atom is 0.156 e. The molecule has 94 valence electrons. The maximum atomic E-state index is 12.1. The second-order valence-corrected chi connectivity index (χ2v) is 5.03. The molecule has 0 aromatic heterocycles. The number of ketones is 1. The first kappa shape index (κ1) is 14.5. The summed E-state index contributed by atoms with van der Waals surface area (Å²) in [6.45, 7) is 3.85. The lowest BCUT2D eigenvalue weighted by molar-refractivity contribution is -0.123. The van der Waals surface area contributed by atoms with Gasteiger partial charge in [0, 0.05) is 6.42 Å². The van der Waals surface area contributed by atoms with E-state index < -0.39 is 5.54 Å². The molecule has 1 rings (SSSR count). The summed E-state index contributed by atoms with van der Waals surface area (Å²) in [5.74, 6) is 0.0425. The van der Waals surface area contributed by atoms with E-state index in [9.17, 15) is 4.79 Å². The van der Waals surface area contributed by atoms with Crippen molar-refractivity contribution < 1.29 is 4.79 Å². The lowest BCUT2D eigenvalue weighted by Gasteiger charge is -2.24. The molecule has 0 aliphatic rings. The van der Waals surface area contributed by atoms with E-state index in [4.69, 9.17) is 28.9 Å². The highest BCUT2D eigenvalue weighted by Gasteiger charge is 2.29. The fourth-order valence-electron chi connectivity index (χ4n) is 1.66. The fraction of sp³-hybridized carbons (Fsp3) is 0.462. The molecule has 0 unspecified atom stereocenters. The summed E-state index contributed by atoms with van der Waals surface area (Å²) in [4.78, 5) is 12.1. The Morgan fingerprint density at radius 3 is 2.29 bits per heavy atom. The van der Waals surface area contributed by atoms with Gasteiger partial charge in [0.05, 0.1) is 15.6 Å². The van der Waals surface area contributed by atoms with Gasteiger partial charge in [0.1, 0.15) is 0 Å². The van der Waals surface area contributed by atoms with Gasteiger partial charge in [0.15, 0.2) is 5.78 Å². The Bertz CT molecular complexity index is 414. The van der Waals surface area contributed by atoms with Crippen LogP contribution in [-0.4, -0.2) is 11.3 Å². The second-order valence-electron chi connectivity index (χ2n) is 4.21. The number of halogens is 2. The van der Waals surface area contributed by atoms with Gasteiger partial charge >= 0.3 is 0 Å². The number of Topliss-reactive ketones (excluding diaryl/α,β-unsaturated/α-hetero) is 1. The normalized spacial score (nSPS) is 11.6. The van der Waals surface area contributed by atoms with Crippen molar-refractivity contribution in [2.24, 2.45) is 5.73 Å². The molecule has 1 aromatic rings. The van der Waals surface area contributed by atoms with Gasteiger partial charge in [-0.1, -0.05) is 43.1 Å². The highest BCUT2D eigenvalue weighted by atomic mass is 35.5. The first-order valence-corrected chi connectivity index (χ1v) is 6.44. The minimum Gasteiger partial charge on any atom is -0.319 e. The Balaban J connectivity index is 2.84. The Morgan fingerprint density at radius 2 is 1.82 bits per heavy atom. The van der Waals surface area contributed by atoms with Crippen LogP contribution in [0, 0.1) is 0 Å². The third-order valence-corrected chi connectivity index (χ3v) is 3.90. The summed E-state index contributed by atoms with van der Waals surface area (Å²) < 4.78 is 0. The van der Waals surface area contributed by atoms with Crippen molar-refractivity contribution in [1.29, 1.82) is 0 Å². The Kier molecular flexibility index (Phi) is 4.99. The third kappa shape index (κ3) is 3.44. The molecule has 2 N–H and O–H groups in total. The smallest absolute Gasteiger partial charge is 0.156 e. The van der Waals surface area contributed by atoms with Gasteiger partial charge in [-0.05, 0) is 30.5 Å². The Hall–Kier alpha value is -0.570. The highest BCUT2D eigenvalue weighted by molar-refractivity contribution is 6.42. The molecule has 0 amide bonds. The van der Waals surface area contributed by atoms with Gasteiger partial charge in [0.25, 0.3) is 0 Å². The molecule has 0 saturated heterocycles. The predicted octanol–water partition coefficient (Wildman–Crippen LogP) is 3.62. The molecule has 0 bridgehead atoms. The number of carbonyl (C=O) groups is 1. The lowest BCUT2D eigenvalue weighted by Crippen LogP contribution is -2.47. The van der Waals surface area contributed by atoms with E-state index in [0.29, 0.717) is 29.3 Å². The Morgan fingerprint density at radius 1 is 1.24 bits per heavy atom. The largest absolute Gasteiger partial charge is 0.319 e. The molecule has 0 atom stereocenters. The average Bonchev–Trinajstić information content (AvgIpc) is 2.32. The monoisotopic (exact) mass is 273 g/mol. The topological polar surface area (TPSA) is 43.1 Å². The molecule has 0 radical (unpaired) electrons. The van der Waals surface area contributed by atoms with Crippen LogP contribution >= 0.6 is 23.2 Å². The van der Waals surface area contributed by atoms with Crippen LogP contribution in [-0.2, 0) is 11.2 Å². The molecule has 1 aromatic carbocycles. The van der Waals surface area contributed by atoms with Crippen molar-refractivity contribution >= 4 is 29.0 Å². The van der Waals surface area contributed by atoms with E-state index >= 15 is 0 Å². The number of nitrogens with two attached hydrogens (primary N) is 1. The summed E-state index contributed by atoms with van der Waals surface area (Å²) in [7, 11) is 0. The molecule has 0 aliphatic carbocycles. The molecule has 0 aliphatic heterocycles. The molecule has 4 heteroatoms. The van der Waals surface area contributed by atoms with Gasteiger partial charge in [-0.2, -0.15) is 0 Å². The number of rotatable bonds is 5. The van der Waals surface area contributed by atoms with Crippen LogP contribution in [0.25, 0.3) is 0 Å². The number of benzene rings is 1.